The summed E-state index contributed by atoms with van der Waals surface area (Å²) in [4.78, 5) is 0. The molecule has 14 heteroatoms. The third-order valence-corrected chi connectivity index (χ3v) is 9.46. The SMILES string of the molecule is COc1ccc(Nc2ccc(N=Nc3n(CCCn4cc[n+](CCCn5cc[n+](C)c5N=Nc5ccc(Nc6ccc(OC)cc6)cc5)c4)cc[n+]3C)cc2)cc1. The highest BCUT2D eigenvalue weighted by atomic mass is 16.5. The van der Waals surface area contributed by atoms with Crippen LogP contribution in [0.3, 0.4) is 0 Å². The van der Waals surface area contributed by atoms with Crippen molar-refractivity contribution in [2.45, 2.75) is 39.0 Å². The van der Waals surface area contributed by atoms with Crippen molar-refractivity contribution in [3.05, 3.63) is 141 Å². The average Bonchev–Trinajstić information content (AvgIpc) is 3.95. The van der Waals surface area contributed by atoms with E-state index in [1.54, 1.807) is 14.2 Å². The van der Waals surface area contributed by atoms with Crippen LogP contribution in [0.2, 0.25) is 0 Å². The van der Waals surface area contributed by atoms with Crippen molar-refractivity contribution in [2.75, 3.05) is 24.9 Å². The number of azo groups is 2. The van der Waals surface area contributed by atoms with Gasteiger partial charge in [0, 0.05) is 45.8 Å². The Labute approximate surface area is 332 Å². The van der Waals surface area contributed by atoms with Gasteiger partial charge in [-0.3, -0.25) is 0 Å². The van der Waals surface area contributed by atoms with Gasteiger partial charge in [-0.1, -0.05) is 10.2 Å². The van der Waals surface area contributed by atoms with E-state index in [0.29, 0.717) is 0 Å². The van der Waals surface area contributed by atoms with Crippen molar-refractivity contribution in [3.8, 4) is 11.5 Å². The molecule has 0 fully saturated rings. The zero-order valence-electron chi connectivity index (χ0n) is 32.8. The first kappa shape index (κ1) is 38.2. The second-order valence-corrected chi connectivity index (χ2v) is 13.6. The minimum absolute atomic E-state index is 0.785. The van der Waals surface area contributed by atoms with E-state index in [2.05, 4.69) is 80.5 Å². The molecule has 57 heavy (non-hydrogen) atoms. The molecule has 0 unspecified atom stereocenters. The fraction of sp³-hybridized carbons (Fsp3) is 0.233. The van der Waals surface area contributed by atoms with E-state index in [0.717, 1.165) is 96.5 Å². The smallest absolute Gasteiger partial charge is 0.421 e. The van der Waals surface area contributed by atoms with E-state index in [1.807, 2.05) is 133 Å². The molecule has 3 heterocycles. The lowest BCUT2D eigenvalue weighted by Gasteiger charge is -2.07. The van der Waals surface area contributed by atoms with Gasteiger partial charge in [0.1, 0.15) is 35.3 Å². The van der Waals surface area contributed by atoms with Gasteiger partial charge in [-0.05, 0) is 97.1 Å². The molecule has 3 aromatic heterocycles. The Balaban J connectivity index is 0.855. The van der Waals surface area contributed by atoms with Crippen LogP contribution in [-0.4, -0.2) is 27.9 Å². The van der Waals surface area contributed by atoms with Crippen LogP contribution < -0.4 is 33.8 Å². The molecular formula is C43H49N12O2+3. The number of anilines is 4. The van der Waals surface area contributed by atoms with Gasteiger partial charge < -0.3 is 20.1 Å². The highest BCUT2D eigenvalue weighted by Gasteiger charge is 2.17. The number of aromatic nitrogens is 6. The van der Waals surface area contributed by atoms with Crippen LogP contribution in [0.5, 0.6) is 11.5 Å². The van der Waals surface area contributed by atoms with Crippen molar-refractivity contribution in [1.29, 1.82) is 0 Å². The second-order valence-electron chi connectivity index (χ2n) is 13.6. The molecule has 2 N–H and O–H groups in total. The molecule has 0 bridgehead atoms. The third kappa shape index (κ3) is 10.4. The summed E-state index contributed by atoms with van der Waals surface area (Å²) in [7, 11) is 7.31. The topological polar surface area (TPSA) is 118 Å². The quantitative estimate of drug-likeness (QED) is 0.0673. The molecule has 0 atom stereocenters. The Morgan fingerprint density at radius 2 is 0.947 bits per heavy atom. The zero-order valence-corrected chi connectivity index (χ0v) is 32.8. The number of hydrogen-bond acceptors (Lipinski definition) is 8. The lowest BCUT2D eigenvalue weighted by molar-refractivity contribution is -0.697. The molecule has 0 radical (unpaired) electrons. The van der Waals surface area contributed by atoms with E-state index in [4.69, 9.17) is 9.47 Å². The van der Waals surface area contributed by atoms with Crippen molar-refractivity contribution >= 4 is 46.0 Å². The van der Waals surface area contributed by atoms with E-state index >= 15 is 0 Å². The predicted octanol–water partition coefficient (Wildman–Crippen LogP) is 8.54. The minimum Gasteiger partial charge on any atom is -0.497 e. The Kier molecular flexibility index (Phi) is 12.4. The maximum absolute atomic E-state index is 5.24. The maximum atomic E-state index is 5.24. The lowest BCUT2D eigenvalue weighted by Crippen LogP contribution is -2.32. The number of aryl methyl sites for hydroxylation is 6. The van der Waals surface area contributed by atoms with E-state index in [1.165, 1.54) is 0 Å². The number of hydrogen-bond donors (Lipinski definition) is 2. The summed E-state index contributed by atoms with van der Waals surface area (Å²) in [6.45, 7) is 3.44. The number of ether oxygens (including phenoxy) is 2. The van der Waals surface area contributed by atoms with Gasteiger partial charge in [0.15, 0.2) is 0 Å². The van der Waals surface area contributed by atoms with E-state index < -0.39 is 0 Å². The average molecular weight is 766 g/mol. The third-order valence-electron chi connectivity index (χ3n) is 9.46. The van der Waals surface area contributed by atoms with Gasteiger partial charge in [-0.25, -0.2) is 27.4 Å². The second kappa shape index (κ2) is 18.5. The standard InChI is InChI=1S/C43H47N12O2/c1-50-27-31-54(42(50)48-46-38-11-7-34(8-12-38)44-36-15-19-40(56-3)20-16-36)25-5-23-52-29-30-53(33-52)24-6-26-55-32-28-51(2)43(55)49-47-39-13-9-35(10-14-39)45-37-17-21-41(57-4)22-18-37/h7-22,27-33H,5-6,23-26H2,1-4H3/q+1/p+2. The predicted molar refractivity (Wildman–Crippen MR) is 219 cm³/mol. The number of imidazole rings is 3. The normalized spacial score (nSPS) is 11.4. The molecule has 0 saturated carbocycles. The molecule has 290 valence electrons. The van der Waals surface area contributed by atoms with Crippen LogP contribution in [0.15, 0.2) is 161 Å². The molecule has 7 rings (SSSR count). The van der Waals surface area contributed by atoms with Crippen LogP contribution in [0.4, 0.5) is 46.0 Å². The molecule has 0 amide bonds. The summed E-state index contributed by atoms with van der Waals surface area (Å²) in [6, 6.07) is 31.5. The number of methoxy groups -OCH3 is 2. The summed E-state index contributed by atoms with van der Waals surface area (Å²) in [5.74, 6) is 3.25. The lowest BCUT2D eigenvalue weighted by atomic mass is 10.2. The van der Waals surface area contributed by atoms with Crippen molar-refractivity contribution < 1.29 is 23.2 Å². The Bertz CT molecular complexity index is 2230. The zero-order chi connectivity index (χ0) is 39.4. The molecule has 14 nitrogen and oxygen atoms in total. The highest BCUT2D eigenvalue weighted by molar-refractivity contribution is 5.63. The van der Waals surface area contributed by atoms with Gasteiger partial charge in [0.2, 0.25) is 6.33 Å². The maximum Gasteiger partial charge on any atom is 0.421 e. The highest BCUT2D eigenvalue weighted by Crippen LogP contribution is 2.25. The molecule has 7 aromatic rings. The number of rotatable bonds is 18. The fourth-order valence-electron chi connectivity index (χ4n) is 6.30. The van der Waals surface area contributed by atoms with E-state index in [-0.39, 0.29) is 0 Å². The van der Waals surface area contributed by atoms with Gasteiger partial charge in [-0.15, -0.1) is 0 Å². The van der Waals surface area contributed by atoms with Crippen LogP contribution in [0.1, 0.15) is 12.8 Å². The Hall–Kier alpha value is -7.09. The number of nitrogens with zero attached hydrogens (tertiary/aromatic N) is 10. The molecule has 0 aliphatic rings. The first-order chi connectivity index (χ1) is 27.9. The van der Waals surface area contributed by atoms with Crippen molar-refractivity contribution in [3.63, 3.8) is 0 Å². The molecule has 0 spiro atoms. The summed E-state index contributed by atoms with van der Waals surface area (Å²) in [5, 5.41) is 25.0. The van der Waals surface area contributed by atoms with Crippen LogP contribution in [-0.2, 0) is 40.3 Å². The first-order valence-electron chi connectivity index (χ1n) is 18.9. The summed E-state index contributed by atoms with van der Waals surface area (Å²) >= 11 is 0. The van der Waals surface area contributed by atoms with E-state index in [9.17, 15) is 0 Å². The monoisotopic (exact) mass is 765 g/mol. The van der Waals surface area contributed by atoms with Gasteiger partial charge >= 0.3 is 11.9 Å². The molecule has 0 aliphatic carbocycles. The minimum atomic E-state index is 0.785. The molecule has 4 aromatic carbocycles. The number of benzene rings is 4. The van der Waals surface area contributed by atoms with Crippen molar-refractivity contribution in [2.24, 2.45) is 34.6 Å². The van der Waals surface area contributed by atoms with Crippen LogP contribution in [0, 0.1) is 0 Å². The molecular weight excluding hydrogens is 717 g/mol. The first-order valence-corrected chi connectivity index (χ1v) is 18.9. The van der Waals surface area contributed by atoms with Crippen molar-refractivity contribution in [1.82, 2.24) is 13.7 Å². The Morgan fingerprint density at radius 3 is 1.40 bits per heavy atom. The van der Waals surface area contributed by atoms with Gasteiger partial charge in [0.05, 0.1) is 79.3 Å². The molecule has 0 aliphatic heterocycles. The number of nitrogens with one attached hydrogen (secondary N) is 2. The molecule has 0 saturated heterocycles. The fourth-order valence-corrected chi connectivity index (χ4v) is 6.30. The van der Waals surface area contributed by atoms with Crippen LogP contribution in [0.25, 0.3) is 0 Å². The largest absolute Gasteiger partial charge is 0.497 e. The summed E-state index contributed by atoms with van der Waals surface area (Å²) in [6.07, 6.45) is 16.5. The summed E-state index contributed by atoms with van der Waals surface area (Å²) < 4.78 is 23.2. The van der Waals surface area contributed by atoms with Gasteiger partial charge in [0.25, 0.3) is 0 Å². The summed E-state index contributed by atoms with van der Waals surface area (Å²) in [5.41, 5.74) is 5.49. The van der Waals surface area contributed by atoms with Gasteiger partial charge in [-0.2, -0.15) is 0 Å². The van der Waals surface area contributed by atoms with Crippen LogP contribution >= 0.6 is 0 Å². The Morgan fingerprint density at radius 1 is 0.509 bits per heavy atom.